The molecule has 0 radical (unpaired) electrons. The van der Waals surface area contributed by atoms with Gasteiger partial charge in [-0.1, -0.05) is 89.9 Å². The zero-order valence-electron chi connectivity index (χ0n) is 21.1. The van der Waals surface area contributed by atoms with Crippen LogP contribution in [0.3, 0.4) is 0 Å². The number of hydrogen-bond donors (Lipinski definition) is 0. The summed E-state index contributed by atoms with van der Waals surface area (Å²) in [5, 5.41) is 0. The Morgan fingerprint density at radius 2 is 1.41 bits per heavy atom. The van der Waals surface area contributed by atoms with Gasteiger partial charge < -0.3 is 4.74 Å². The predicted molar refractivity (Wildman–Crippen MR) is 139 cm³/mol. The van der Waals surface area contributed by atoms with E-state index in [1.165, 1.54) is 22.3 Å². The molecule has 1 aliphatic rings. The minimum Gasteiger partial charge on any atom is -0.466 e. The number of benzene rings is 2. The summed E-state index contributed by atoms with van der Waals surface area (Å²) in [7, 11) is 0. The Morgan fingerprint density at radius 3 is 2.00 bits per heavy atom. The van der Waals surface area contributed by atoms with Crippen molar-refractivity contribution in [1.29, 1.82) is 0 Å². The Bertz CT molecular complexity index is 1030. The number of ketones is 1. The van der Waals surface area contributed by atoms with E-state index >= 15 is 0 Å². The first kappa shape index (κ1) is 25.7. The Kier molecular flexibility index (Phi) is 9.44. The summed E-state index contributed by atoms with van der Waals surface area (Å²) in [5.74, 6) is -0.231. The van der Waals surface area contributed by atoms with Crippen molar-refractivity contribution in [1.82, 2.24) is 0 Å². The molecule has 0 heterocycles. The van der Waals surface area contributed by atoms with E-state index in [-0.39, 0.29) is 18.2 Å². The van der Waals surface area contributed by atoms with E-state index in [1.807, 2.05) is 31.2 Å². The smallest absolute Gasteiger partial charge is 0.306 e. The van der Waals surface area contributed by atoms with Crippen molar-refractivity contribution in [2.45, 2.75) is 72.1 Å². The van der Waals surface area contributed by atoms with Crippen molar-refractivity contribution in [2.75, 3.05) is 6.61 Å². The van der Waals surface area contributed by atoms with Gasteiger partial charge in [0.05, 0.1) is 18.9 Å². The summed E-state index contributed by atoms with van der Waals surface area (Å²) in [6.45, 7) is 8.48. The molecular weight excluding hydrogens is 420 g/mol. The van der Waals surface area contributed by atoms with E-state index in [9.17, 15) is 9.59 Å². The van der Waals surface area contributed by atoms with Gasteiger partial charge in [-0.3, -0.25) is 9.59 Å². The number of carbonyl (C=O) groups excluding carboxylic acids is 2. The van der Waals surface area contributed by atoms with Gasteiger partial charge in [0.2, 0.25) is 0 Å². The number of rotatable bonds is 12. The summed E-state index contributed by atoms with van der Waals surface area (Å²) in [5.41, 5.74) is 7.49. The third kappa shape index (κ3) is 7.03. The molecule has 3 nitrogen and oxygen atoms in total. The number of allylic oxidation sites excluding steroid dienone is 4. The molecule has 1 aliphatic carbocycles. The second-order valence-corrected chi connectivity index (χ2v) is 9.37. The topological polar surface area (TPSA) is 43.4 Å². The van der Waals surface area contributed by atoms with Gasteiger partial charge in [0.15, 0.2) is 0 Å². The first-order valence-electron chi connectivity index (χ1n) is 12.6. The van der Waals surface area contributed by atoms with Crippen molar-refractivity contribution in [3.8, 4) is 0 Å². The van der Waals surface area contributed by atoms with Gasteiger partial charge in [0.25, 0.3) is 0 Å². The van der Waals surface area contributed by atoms with E-state index in [2.05, 4.69) is 50.3 Å². The number of aryl methyl sites for hydroxylation is 3. The number of carbonyl (C=O) groups is 2. The lowest BCUT2D eigenvalue weighted by molar-refractivity contribution is -0.145. The lowest BCUT2D eigenvalue weighted by Crippen LogP contribution is -2.19. The molecule has 34 heavy (non-hydrogen) atoms. The van der Waals surface area contributed by atoms with Crippen molar-refractivity contribution in [3.05, 3.63) is 94.1 Å². The molecule has 180 valence electrons. The fourth-order valence-electron chi connectivity index (χ4n) is 4.81. The Balaban J connectivity index is 1.60. The molecule has 2 aromatic carbocycles. The van der Waals surface area contributed by atoms with Gasteiger partial charge in [-0.2, -0.15) is 0 Å². The highest BCUT2D eigenvalue weighted by Gasteiger charge is 2.26. The van der Waals surface area contributed by atoms with Crippen LogP contribution in [0.2, 0.25) is 0 Å². The first-order valence-corrected chi connectivity index (χ1v) is 12.6. The molecular formula is C31H38O3. The van der Waals surface area contributed by atoms with Gasteiger partial charge in [0.1, 0.15) is 5.78 Å². The van der Waals surface area contributed by atoms with Crippen molar-refractivity contribution in [2.24, 2.45) is 5.92 Å². The van der Waals surface area contributed by atoms with Crippen LogP contribution in [-0.2, 0) is 20.7 Å². The lowest BCUT2D eigenvalue weighted by Gasteiger charge is -2.20. The second-order valence-electron chi connectivity index (χ2n) is 9.37. The lowest BCUT2D eigenvalue weighted by atomic mass is 9.84. The minimum atomic E-state index is -0.448. The van der Waals surface area contributed by atoms with Gasteiger partial charge in [-0.25, -0.2) is 0 Å². The summed E-state index contributed by atoms with van der Waals surface area (Å²) >= 11 is 0. The van der Waals surface area contributed by atoms with Gasteiger partial charge in [0, 0.05) is 12.3 Å². The largest absolute Gasteiger partial charge is 0.466 e. The van der Waals surface area contributed by atoms with Gasteiger partial charge in [-0.15, -0.1) is 0 Å². The molecule has 0 bridgehead atoms. The predicted octanol–water partition coefficient (Wildman–Crippen LogP) is 7.21. The van der Waals surface area contributed by atoms with Crippen molar-refractivity contribution >= 4 is 11.8 Å². The molecule has 0 aromatic heterocycles. The molecule has 2 aromatic rings. The third-order valence-corrected chi connectivity index (χ3v) is 6.84. The van der Waals surface area contributed by atoms with Crippen molar-refractivity contribution in [3.63, 3.8) is 0 Å². The Hall–Kier alpha value is -2.94. The number of hydrogen-bond acceptors (Lipinski definition) is 3. The quantitative estimate of drug-likeness (QED) is 0.316. The third-order valence-electron chi connectivity index (χ3n) is 6.84. The average Bonchev–Trinajstić information content (AvgIpc) is 3.23. The van der Waals surface area contributed by atoms with Gasteiger partial charge in [-0.05, 0) is 57.6 Å². The van der Waals surface area contributed by atoms with E-state index in [0.29, 0.717) is 18.9 Å². The molecule has 0 aliphatic heterocycles. The number of esters is 1. The van der Waals surface area contributed by atoms with Crippen LogP contribution in [0.4, 0.5) is 0 Å². The van der Waals surface area contributed by atoms with Crippen LogP contribution >= 0.6 is 0 Å². The molecule has 0 amide bonds. The molecule has 3 heteroatoms. The second kappa shape index (κ2) is 12.5. The molecule has 2 unspecified atom stereocenters. The number of Topliss-reactive ketones (excluding diaryl/α,β-unsaturated/α-hetero) is 1. The Morgan fingerprint density at radius 1 is 0.824 bits per heavy atom. The molecule has 0 fully saturated rings. The zero-order valence-corrected chi connectivity index (χ0v) is 21.1. The standard InChI is InChI=1S/C31H38O3/c1-5-28-25(16-13-24-11-7-22(3)8-12-24)17-18-26(28)19-20-30(32)29(21-31(33)34-6-2)27-14-9-23(4)10-15-27/h7-12,14-15,17-18,28-29H,5-6,13,16,19-21H2,1-4H3. The molecule has 0 saturated heterocycles. The summed E-state index contributed by atoms with van der Waals surface area (Å²) in [6.07, 6.45) is 8.90. The fourth-order valence-corrected chi connectivity index (χ4v) is 4.81. The highest BCUT2D eigenvalue weighted by atomic mass is 16.5. The van der Waals surface area contributed by atoms with Crippen LogP contribution < -0.4 is 0 Å². The monoisotopic (exact) mass is 458 g/mol. The maximum absolute atomic E-state index is 13.3. The summed E-state index contributed by atoms with van der Waals surface area (Å²) < 4.78 is 5.15. The highest BCUT2D eigenvalue weighted by molar-refractivity contribution is 5.90. The molecule has 3 rings (SSSR count). The van der Waals surface area contributed by atoms with E-state index in [0.717, 1.165) is 36.8 Å². The molecule has 0 N–H and O–H groups in total. The van der Waals surface area contributed by atoms with Gasteiger partial charge >= 0.3 is 5.97 Å². The van der Waals surface area contributed by atoms with Crippen LogP contribution in [0.5, 0.6) is 0 Å². The van der Waals surface area contributed by atoms with E-state index in [4.69, 9.17) is 4.74 Å². The maximum atomic E-state index is 13.3. The summed E-state index contributed by atoms with van der Waals surface area (Å²) in [4.78, 5) is 25.5. The van der Waals surface area contributed by atoms with E-state index in [1.54, 1.807) is 6.92 Å². The van der Waals surface area contributed by atoms with Crippen LogP contribution in [-0.4, -0.2) is 18.4 Å². The Labute approximate surface area is 204 Å². The van der Waals surface area contributed by atoms with Crippen LogP contribution in [0.15, 0.2) is 71.8 Å². The molecule has 0 saturated carbocycles. The fraction of sp³-hybridized carbons (Fsp3) is 0.419. The maximum Gasteiger partial charge on any atom is 0.306 e. The molecule has 0 spiro atoms. The summed E-state index contributed by atoms with van der Waals surface area (Å²) in [6, 6.07) is 16.7. The zero-order chi connectivity index (χ0) is 24.5. The van der Waals surface area contributed by atoms with Crippen LogP contribution in [0, 0.1) is 19.8 Å². The van der Waals surface area contributed by atoms with Crippen LogP contribution in [0.25, 0.3) is 0 Å². The van der Waals surface area contributed by atoms with Crippen LogP contribution in [0.1, 0.15) is 74.1 Å². The number of ether oxygens (including phenoxy) is 1. The SMILES string of the molecule is CCOC(=O)CC(C(=O)CCC1=CC=C(CCc2ccc(C)cc2)C1CC)c1ccc(C)cc1. The molecule has 2 atom stereocenters. The van der Waals surface area contributed by atoms with Crippen molar-refractivity contribution < 1.29 is 14.3 Å². The highest BCUT2D eigenvalue weighted by Crippen LogP contribution is 2.36. The first-order chi connectivity index (χ1) is 16.4. The average molecular weight is 459 g/mol. The minimum absolute atomic E-state index is 0.103. The van der Waals surface area contributed by atoms with E-state index < -0.39 is 5.92 Å². The normalized spacial score (nSPS) is 16.1.